The maximum Gasteiger partial charge on any atom is 0.313 e. The minimum atomic E-state index is -0.916. The fraction of sp³-hybridized carbons (Fsp3) is 0.400. The summed E-state index contributed by atoms with van der Waals surface area (Å²) >= 11 is 0. The molecule has 1 heterocycles. The first-order valence-electron chi connectivity index (χ1n) is 2.99. The molecule has 0 fully saturated rings. The number of hydrogen-bond donors (Lipinski definition) is 2. The van der Waals surface area contributed by atoms with Crippen LogP contribution in [0, 0.1) is 6.08 Å². The molecular weight excluding hydrogens is 151 g/mol. The largest absolute Gasteiger partial charge is 0.396 e. The first-order valence-corrected chi connectivity index (χ1v) is 2.99. The van der Waals surface area contributed by atoms with Gasteiger partial charge in [0.25, 0.3) is 0 Å². The Morgan fingerprint density at radius 2 is 2.09 bits per heavy atom. The van der Waals surface area contributed by atoms with Crippen LogP contribution < -0.4 is 5.73 Å². The Hall–Kier alpha value is -1.30. The van der Waals surface area contributed by atoms with Crippen LogP contribution in [0.1, 0.15) is 5.82 Å². The van der Waals surface area contributed by atoms with Gasteiger partial charge in [-0.25, -0.2) is 0 Å². The maximum atomic E-state index is 12.3. The minimum Gasteiger partial charge on any atom is -0.396 e. The third kappa shape index (κ3) is 2.08. The Bertz CT molecular complexity index is 234. The number of nitrogens with two attached hydrogens (primary N) is 1. The number of rotatable bonds is 2. The first kappa shape index (κ1) is 7.80. The van der Waals surface area contributed by atoms with Gasteiger partial charge in [-0.05, 0) is 0 Å². The van der Waals surface area contributed by atoms with E-state index in [-0.39, 0.29) is 24.8 Å². The summed E-state index contributed by atoms with van der Waals surface area (Å²) in [6.45, 7) is -0.136. The summed E-state index contributed by atoms with van der Waals surface area (Å²) in [7, 11) is 0. The van der Waals surface area contributed by atoms with Crippen molar-refractivity contribution in [2.75, 3.05) is 12.3 Å². The van der Waals surface area contributed by atoms with Gasteiger partial charge in [-0.3, -0.25) is 0 Å². The van der Waals surface area contributed by atoms with Gasteiger partial charge >= 0.3 is 6.08 Å². The van der Waals surface area contributed by atoms with Crippen LogP contribution in [-0.2, 0) is 6.42 Å². The lowest BCUT2D eigenvalue weighted by Gasteiger charge is -1.96. The van der Waals surface area contributed by atoms with Gasteiger partial charge in [-0.15, -0.1) is 0 Å². The normalized spacial score (nSPS) is 10.0. The lowest BCUT2D eigenvalue weighted by Crippen LogP contribution is -2.06. The van der Waals surface area contributed by atoms with Crippen molar-refractivity contribution in [3.63, 3.8) is 0 Å². The number of nitrogen functional groups attached to an aromatic ring is 1. The number of aromatic nitrogens is 3. The molecule has 60 valence electrons. The lowest BCUT2D eigenvalue weighted by atomic mass is 10.4. The van der Waals surface area contributed by atoms with Gasteiger partial charge < -0.3 is 10.8 Å². The molecule has 11 heavy (non-hydrogen) atoms. The van der Waals surface area contributed by atoms with Crippen molar-refractivity contribution in [3.8, 4) is 0 Å². The molecule has 0 bridgehead atoms. The van der Waals surface area contributed by atoms with Crippen LogP contribution in [0.25, 0.3) is 0 Å². The second-order valence-corrected chi connectivity index (χ2v) is 1.85. The van der Waals surface area contributed by atoms with Crippen LogP contribution >= 0.6 is 0 Å². The molecule has 6 heteroatoms. The predicted octanol–water partition coefficient (Wildman–Crippen LogP) is -0.872. The van der Waals surface area contributed by atoms with Gasteiger partial charge in [0, 0.05) is 6.42 Å². The van der Waals surface area contributed by atoms with Crippen molar-refractivity contribution in [1.82, 2.24) is 15.0 Å². The summed E-state index contributed by atoms with van der Waals surface area (Å²) in [4.78, 5) is 10.00. The average molecular weight is 158 g/mol. The monoisotopic (exact) mass is 158 g/mol. The summed E-state index contributed by atoms with van der Waals surface area (Å²) in [5, 5.41) is 8.44. The van der Waals surface area contributed by atoms with E-state index < -0.39 is 6.08 Å². The summed E-state index contributed by atoms with van der Waals surface area (Å²) in [5.74, 6) is -0.00144. The summed E-state index contributed by atoms with van der Waals surface area (Å²) in [5.41, 5.74) is 5.11. The lowest BCUT2D eigenvalue weighted by molar-refractivity contribution is 0.295. The van der Waals surface area contributed by atoms with E-state index in [4.69, 9.17) is 10.8 Å². The van der Waals surface area contributed by atoms with Gasteiger partial charge in [0.1, 0.15) is 5.82 Å². The molecule has 0 aliphatic carbocycles. The Kier molecular flexibility index (Phi) is 2.27. The smallest absolute Gasteiger partial charge is 0.313 e. The van der Waals surface area contributed by atoms with Crippen molar-refractivity contribution in [1.29, 1.82) is 0 Å². The molecule has 1 aromatic heterocycles. The minimum absolute atomic E-state index is 0.136. The van der Waals surface area contributed by atoms with E-state index in [9.17, 15) is 4.39 Å². The predicted molar refractivity (Wildman–Crippen MR) is 35.0 cm³/mol. The maximum absolute atomic E-state index is 12.3. The van der Waals surface area contributed by atoms with Crippen LogP contribution in [0.15, 0.2) is 0 Å². The molecule has 3 N–H and O–H groups in total. The van der Waals surface area contributed by atoms with E-state index in [1.54, 1.807) is 0 Å². The highest BCUT2D eigenvalue weighted by atomic mass is 19.1. The molecular formula is C5H7FN4O. The topological polar surface area (TPSA) is 84.9 Å². The van der Waals surface area contributed by atoms with Crippen molar-refractivity contribution in [2.45, 2.75) is 6.42 Å². The van der Waals surface area contributed by atoms with E-state index in [1.807, 2.05) is 0 Å². The zero-order valence-corrected chi connectivity index (χ0v) is 5.66. The summed E-state index contributed by atoms with van der Waals surface area (Å²) in [6, 6.07) is 0. The highest BCUT2D eigenvalue weighted by Gasteiger charge is 2.01. The number of aliphatic hydroxyl groups excluding tert-OH is 1. The van der Waals surface area contributed by atoms with Gasteiger partial charge in [-0.2, -0.15) is 19.3 Å². The molecule has 1 rings (SSSR count). The van der Waals surface area contributed by atoms with Crippen LogP contribution in [-0.4, -0.2) is 26.7 Å². The standard InChI is InChI=1S/C5H7FN4O/c6-4-8-3(1-2-11)9-5(7)10-4/h11H,1-2H2,(H2,7,8,9,10). The third-order valence-electron chi connectivity index (χ3n) is 1.01. The highest BCUT2D eigenvalue weighted by Crippen LogP contribution is 1.95. The fourth-order valence-corrected chi connectivity index (χ4v) is 0.620. The summed E-state index contributed by atoms with van der Waals surface area (Å²) in [6.07, 6.45) is -0.732. The molecule has 0 saturated carbocycles. The second kappa shape index (κ2) is 3.20. The quantitative estimate of drug-likeness (QED) is 0.584. The van der Waals surface area contributed by atoms with Crippen LogP contribution in [0.3, 0.4) is 0 Å². The molecule has 0 spiro atoms. The fourth-order valence-electron chi connectivity index (χ4n) is 0.620. The Morgan fingerprint density at radius 3 is 2.64 bits per heavy atom. The van der Waals surface area contributed by atoms with Gasteiger partial charge in [-0.1, -0.05) is 0 Å². The third-order valence-corrected chi connectivity index (χ3v) is 1.01. The molecule has 0 radical (unpaired) electrons. The number of nitrogens with zero attached hydrogens (tertiary/aromatic N) is 3. The van der Waals surface area contributed by atoms with Gasteiger partial charge in [0.15, 0.2) is 0 Å². The van der Waals surface area contributed by atoms with E-state index in [2.05, 4.69) is 15.0 Å². The van der Waals surface area contributed by atoms with Crippen molar-refractivity contribution in [3.05, 3.63) is 11.9 Å². The molecule has 0 amide bonds. The molecule has 0 atom stereocenters. The zero-order chi connectivity index (χ0) is 8.27. The van der Waals surface area contributed by atoms with Crippen molar-refractivity contribution in [2.24, 2.45) is 0 Å². The molecule has 0 unspecified atom stereocenters. The molecule has 1 aromatic rings. The van der Waals surface area contributed by atoms with Crippen LogP contribution in [0.2, 0.25) is 0 Å². The van der Waals surface area contributed by atoms with Gasteiger partial charge in [0.05, 0.1) is 6.61 Å². The van der Waals surface area contributed by atoms with E-state index in [0.717, 1.165) is 0 Å². The second-order valence-electron chi connectivity index (χ2n) is 1.85. The van der Waals surface area contributed by atoms with E-state index in [1.165, 1.54) is 0 Å². The molecule has 0 aliphatic heterocycles. The van der Waals surface area contributed by atoms with Crippen molar-refractivity contribution < 1.29 is 9.50 Å². The Morgan fingerprint density at radius 1 is 1.36 bits per heavy atom. The van der Waals surface area contributed by atoms with Crippen molar-refractivity contribution >= 4 is 5.95 Å². The molecule has 0 aliphatic rings. The number of hydrogen-bond acceptors (Lipinski definition) is 5. The van der Waals surface area contributed by atoms with Crippen LogP contribution in [0.5, 0.6) is 0 Å². The molecule has 0 aromatic carbocycles. The Balaban J connectivity index is 2.89. The van der Waals surface area contributed by atoms with Crippen LogP contribution in [0.4, 0.5) is 10.3 Å². The first-order chi connectivity index (χ1) is 5.22. The molecule has 0 saturated heterocycles. The van der Waals surface area contributed by atoms with E-state index >= 15 is 0 Å². The zero-order valence-electron chi connectivity index (χ0n) is 5.66. The summed E-state index contributed by atoms with van der Waals surface area (Å²) < 4.78 is 12.3. The SMILES string of the molecule is Nc1nc(F)nc(CCO)n1. The number of halogens is 1. The highest BCUT2D eigenvalue weighted by molar-refractivity contribution is 5.12. The Labute approximate surface area is 62.1 Å². The average Bonchev–Trinajstić information content (AvgIpc) is 1.85. The number of anilines is 1. The molecule has 5 nitrogen and oxygen atoms in total. The number of aliphatic hydroxyl groups is 1. The van der Waals surface area contributed by atoms with E-state index in [0.29, 0.717) is 0 Å². The van der Waals surface area contributed by atoms with Gasteiger partial charge in [0.2, 0.25) is 5.95 Å².